The van der Waals surface area contributed by atoms with E-state index in [0.717, 1.165) is 47.9 Å². The van der Waals surface area contributed by atoms with Crippen molar-refractivity contribution in [3.63, 3.8) is 0 Å². The van der Waals surface area contributed by atoms with E-state index < -0.39 is 87.1 Å². The lowest BCUT2D eigenvalue weighted by molar-refractivity contribution is -0.137. The van der Waals surface area contributed by atoms with Crippen LogP contribution in [0.1, 0.15) is 24.3 Å². The van der Waals surface area contributed by atoms with Crippen molar-refractivity contribution in [2.45, 2.75) is 48.1 Å². The number of nitrogens with two attached hydrogens (primary N) is 1. The van der Waals surface area contributed by atoms with Crippen LogP contribution < -0.4 is 16.7 Å². The van der Waals surface area contributed by atoms with Crippen LogP contribution in [-0.4, -0.2) is 80.6 Å². The monoisotopic (exact) mass is 673 g/mol. The molecule has 0 radical (unpaired) electrons. The topological polar surface area (TPSA) is 238 Å². The Hall–Kier alpha value is -4.45. The zero-order valence-electron chi connectivity index (χ0n) is 23.6. The van der Waals surface area contributed by atoms with Crippen molar-refractivity contribution in [1.29, 1.82) is 5.26 Å². The molecule has 0 spiro atoms. The maximum Gasteiger partial charge on any atom is 0.417 e. The molecule has 3 aromatic rings. The predicted octanol–water partition coefficient (Wildman–Crippen LogP) is 0.317. The van der Waals surface area contributed by atoms with Crippen molar-refractivity contribution < 1.29 is 55.9 Å². The molecule has 0 aliphatic carbocycles. The number of rotatable bonds is 7. The SMILES string of the molecule is CC(O)(CS(=O)(=O)c1ccc(F)cc1)C(=O)Nc1ccc(C#N)c(C(F)(F)F)c1.Nc1ccn([C@@H]2O[C@H](CO)[C@@H](O)[C@@H]2O)c(=O)n1. The third-order valence-corrected chi connectivity index (χ3v) is 8.41. The Balaban J connectivity index is 0.000000286. The van der Waals surface area contributed by atoms with Crippen molar-refractivity contribution in [3.8, 4) is 6.07 Å². The summed E-state index contributed by atoms with van der Waals surface area (Å²) in [5.41, 5.74) is -0.233. The zero-order chi connectivity index (χ0) is 34.6. The highest BCUT2D eigenvalue weighted by atomic mass is 32.2. The number of ether oxygens (including phenoxy) is 1. The summed E-state index contributed by atoms with van der Waals surface area (Å²) in [6.07, 6.45) is -8.13. The Morgan fingerprint density at radius 2 is 1.78 bits per heavy atom. The van der Waals surface area contributed by atoms with Crippen LogP contribution in [0, 0.1) is 17.1 Å². The molecule has 19 heteroatoms. The van der Waals surface area contributed by atoms with Gasteiger partial charge in [0.1, 0.15) is 29.9 Å². The van der Waals surface area contributed by atoms with Gasteiger partial charge >= 0.3 is 11.9 Å². The summed E-state index contributed by atoms with van der Waals surface area (Å²) in [5.74, 6) is -3.01. The molecular weight excluding hydrogens is 646 g/mol. The number of hydrogen-bond acceptors (Lipinski definition) is 12. The van der Waals surface area contributed by atoms with Crippen molar-refractivity contribution >= 4 is 27.2 Å². The van der Waals surface area contributed by atoms with Crippen LogP contribution in [-0.2, 0) is 25.5 Å². The van der Waals surface area contributed by atoms with E-state index in [-0.39, 0.29) is 16.4 Å². The van der Waals surface area contributed by atoms with E-state index in [1.54, 1.807) is 0 Å². The Bertz CT molecular complexity index is 1780. The molecule has 1 aliphatic heterocycles. The number of anilines is 2. The number of aliphatic hydroxyl groups excluding tert-OH is 3. The smallest absolute Gasteiger partial charge is 0.394 e. The standard InChI is InChI=1S/C18H14F4N2O4S.C9H13N3O5/c1-17(26,10-29(27,28)14-6-3-12(19)4-7-14)16(25)24-13-5-2-11(9-23)15(8-13)18(20,21)22;10-5-1-2-12(9(16)11-5)8-7(15)6(14)4(3-13)17-8/h2-8,26H,10H2,1H3,(H,24,25);1-2,4,6-8,13-15H,3H2,(H2,10,11,16)/t;4-,6-,7+,8-/m.1/s1. The number of nitriles is 1. The second kappa shape index (κ2) is 13.9. The summed E-state index contributed by atoms with van der Waals surface area (Å²) in [7, 11) is -4.21. The minimum absolute atomic E-state index is 0.0537. The summed E-state index contributed by atoms with van der Waals surface area (Å²) in [5, 5.41) is 49.2. The van der Waals surface area contributed by atoms with Crippen LogP contribution in [0.2, 0.25) is 0 Å². The van der Waals surface area contributed by atoms with E-state index in [1.165, 1.54) is 18.3 Å². The molecule has 248 valence electrons. The van der Waals surface area contributed by atoms with Gasteiger partial charge in [0.2, 0.25) is 0 Å². The lowest BCUT2D eigenvalue weighted by Crippen LogP contribution is -2.45. The van der Waals surface area contributed by atoms with Gasteiger partial charge in [0.05, 0.1) is 34.5 Å². The maximum absolute atomic E-state index is 13.0. The molecule has 0 saturated carbocycles. The summed E-state index contributed by atoms with van der Waals surface area (Å²) in [4.78, 5) is 26.9. The van der Waals surface area contributed by atoms with Gasteiger partial charge in [0.25, 0.3) is 5.91 Å². The third-order valence-electron chi connectivity index (χ3n) is 6.48. The predicted molar refractivity (Wildman–Crippen MR) is 150 cm³/mol. The fourth-order valence-electron chi connectivity index (χ4n) is 4.11. The van der Waals surface area contributed by atoms with Crippen LogP contribution in [0.5, 0.6) is 0 Å². The molecule has 14 nitrogen and oxygen atoms in total. The number of hydrogen-bond donors (Lipinski definition) is 6. The fourth-order valence-corrected chi connectivity index (χ4v) is 5.70. The average Bonchev–Trinajstić information content (AvgIpc) is 3.25. The van der Waals surface area contributed by atoms with Gasteiger partial charge in [-0.3, -0.25) is 9.36 Å². The minimum atomic E-state index is -4.86. The van der Waals surface area contributed by atoms with Crippen LogP contribution in [0.4, 0.5) is 29.1 Å². The molecule has 4 rings (SSSR count). The molecule has 1 fully saturated rings. The first-order valence-corrected chi connectivity index (χ1v) is 14.6. The fraction of sp³-hybridized carbons (Fsp3) is 0.333. The molecule has 1 aliphatic rings. The molecule has 7 N–H and O–H groups in total. The first-order chi connectivity index (χ1) is 21.3. The molecule has 1 unspecified atom stereocenters. The van der Waals surface area contributed by atoms with Gasteiger partial charge < -0.3 is 36.2 Å². The highest BCUT2D eigenvalue weighted by molar-refractivity contribution is 7.91. The number of aliphatic hydroxyl groups is 4. The first-order valence-electron chi connectivity index (χ1n) is 12.9. The molecule has 5 atom stereocenters. The Kier molecular flexibility index (Phi) is 10.9. The highest BCUT2D eigenvalue weighted by Gasteiger charge is 2.44. The van der Waals surface area contributed by atoms with E-state index in [2.05, 4.69) is 4.98 Å². The number of halogens is 4. The lowest BCUT2D eigenvalue weighted by Gasteiger charge is -2.22. The molecule has 2 aromatic carbocycles. The van der Waals surface area contributed by atoms with Crippen LogP contribution in [0.25, 0.3) is 0 Å². The van der Waals surface area contributed by atoms with Crippen LogP contribution in [0.3, 0.4) is 0 Å². The van der Waals surface area contributed by atoms with Gasteiger partial charge in [0.15, 0.2) is 21.7 Å². The zero-order valence-corrected chi connectivity index (χ0v) is 24.4. The summed E-state index contributed by atoms with van der Waals surface area (Å²) < 4.78 is 82.8. The van der Waals surface area contributed by atoms with E-state index in [9.17, 15) is 50.9 Å². The number of carbonyl (C=O) groups excluding carboxylic acids is 1. The number of nitrogen functional groups attached to an aromatic ring is 1. The Morgan fingerprint density at radius 3 is 2.30 bits per heavy atom. The van der Waals surface area contributed by atoms with E-state index >= 15 is 0 Å². The van der Waals surface area contributed by atoms with Gasteiger partial charge in [-0.25, -0.2) is 17.6 Å². The minimum Gasteiger partial charge on any atom is -0.394 e. The third kappa shape index (κ3) is 8.42. The molecule has 1 aromatic heterocycles. The van der Waals surface area contributed by atoms with Gasteiger partial charge in [-0.15, -0.1) is 0 Å². The number of amides is 1. The largest absolute Gasteiger partial charge is 0.417 e. The molecular formula is C27H27F4N5O9S. The van der Waals surface area contributed by atoms with E-state index in [1.807, 2.05) is 5.32 Å². The van der Waals surface area contributed by atoms with Gasteiger partial charge in [-0.05, 0) is 55.5 Å². The van der Waals surface area contributed by atoms with Crippen molar-refractivity contribution in [2.75, 3.05) is 23.4 Å². The highest BCUT2D eigenvalue weighted by Crippen LogP contribution is 2.34. The summed E-state index contributed by atoms with van der Waals surface area (Å²) in [6.45, 7) is 0.420. The number of alkyl halides is 3. The van der Waals surface area contributed by atoms with E-state index in [0.29, 0.717) is 6.07 Å². The maximum atomic E-state index is 13.0. The second-order valence-corrected chi connectivity index (χ2v) is 12.1. The summed E-state index contributed by atoms with van der Waals surface area (Å²) in [6, 6.07) is 8.77. The normalized spacial score (nSPS) is 21.0. The van der Waals surface area contributed by atoms with E-state index in [4.69, 9.17) is 20.8 Å². The van der Waals surface area contributed by atoms with Crippen molar-refractivity contribution in [2.24, 2.45) is 0 Å². The number of aromatic nitrogens is 2. The molecule has 2 heterocycles. The Labute approximate surface area is 257 Å². The number of nitrogens with one attached hydrogen (secondary N) is 1. The van der Waals surface area contributed by atoms with Gasteiger partial charge in [-0.1, -0.05) is 0 Å². The quantitative estimate of drug-likeness (QED) is 0.147. The number of benzene rings is 2. The summed E-state index contributed by atoms with van der Waals surface area (Å²) >= 11 is 0. The first kappa shape index (κ1) is 36.0. The van der Waals surface area contributed by atoms with Crippen LogP contribution >= 0.6 is 0 Å². The molecule has 1 amide bonds. The molecule has 0 bridgehead atoms. The lowest BCUT2D eigenvalue weighted by atomic mass is 10.1. The van der Waals surface area contributed by atoms with Crippen molar-refractivity contribution in [1.82, 2.24) is 9.55 Å². The van der Waals surface area contributed by atoms with Gasteiger partial charge in [-0.2, -0.15) is 23.4 Å². The van der Waals surface area contributed by atoms with Gasteiger partial charge in [0, 0.05) is 11.9 Å². The number of nitrogens with zero attached hydrogens (tertiary/aromatic N) is 3. The second-order valence-electron chi connectivity index (χ2n) is 10.1. The van der Waals surface area contributed by atoms with Crippen LogP contribution in [0.15, 0.2) is 64.4 Å². The average molecular weight is 674 g/mol. The molecule has 46 heavy (non-hydrogen) atoms. The molecule has 1 saturated heterocycles. The van der Waals surface area contributed by atoms with Crippen molar-refractivity contribution in [3.05, 3.63) is 82.2 Å². The number of sulfone groups is 1. The Morgan fingerprint density at radius 1 is 1.15 bits per heavy atom. The number of carbonyl (C=O) groups is 1.